The molecule has 0 radical (unpaired) electrons. The standard InChI is InChI=1S/C17H19F2N5OS/c18-15(19)25-13-2-1-11-14(22-13)26-16(20-11)21-12-3-6-17(23-12)9-24-7-4-10(17)5-8-24/h1-3,10,15,23H,4-9H2,(H,20,21)/t17-/m0/s1. The highest BCUT2D eigenvalue weighted by molar-refractivity contribution is 7.21. The van der Waals surface area contributed by atoms with Crippen LogP contribution in [0.25, 0.3) is 10.3 Å². The van der Waals surface area contributed by atoms with Crippen molar-refractivity contribution < 1.29 is 13.5 Å². The van der Waals surface area contributed by atoms with Crippen LogP contribution in [-0.4, -0.2) is 46.7 Å². The zero-order valence-corrected chi connectivity index (χ0v) is 14.9. The maximum Gasteiger partial charge on any atom is 0.388 e. The number of nitrogens with zero attached hydrogens (tertiary/aromatic N) is 3. The van der Waals surface area contributed by atoms with E-state index in [1.807, 2.05) is 0 Å². The van der Waals surface area contributed by atoms with Gasteiger partial charge in [-0.15, -0.1) is 0 Å². The van der Waals surface area contributed by atoms with Crippen LogP contribution in [0, 0.1) is 5.92 Å². The summed E-state index contributed by atoms with van der Waals surface area (Å²) >= 11 is 1.33. The van der Waals surface area contributed by atoms with E-state index < -0.39 is 6.61 Å². The number of ether oxygens (including phenoxy) is 1. The van der Waals surface area contributed by atoms with Gasteiger partial charge in [-0.3, -0.25) is 0 Å². The highest BCUT2D eigenvalue weighted by Gasteiger charge is 2.48. The van der Waals surface area contributed by atoms with Gasteiger partial charge in [0.1, 0.15) is 16.2 Å². The Balaban J connectivity index is 1.31. The molecule has 6 heterocycles. The van der Waals surface area contributed by atoms with Crippen molar-refractivity contribution >= 4 is 26.8 Å². The Morgan fingerprint density at radius 3 is 2.88 bits per heavy atom. The average molecular weight is 379 g/mol. The number of anilines is 1. The Morgan fingerprint density at radius 2 is 2.15 bits per heavy atom. The number of alkyl halides is 2. The molecular weight excluding hydrogens is 360 g/mol. The van der Waals surface area contributed by atoms with Crippen LogP contribution in [0.5, 0.6) is 5.88 Å². The molecule has 1 spiro atoms. The molecule has 0 aliphatic carbocycles. The Hall–Kier alpha value is -2.00. The predicted octanol–water partition coefficient (Wildman–Crippen LogP) is 3.00. The molecule has 0 saturated carbocycles. The lowest BCUT2D eigenvalue weighted by atomic mass is 9.72. The summed E-state index contributed by atoms with van der Waals surface area (Å²) in [6.07, 6.45) is 5.73. The Kier molecular flexibility index (Phi) is 3.75. The number of piperidine rings is 3. The minimum atomic E-state index is -2.88. The molecular formula is C17H19F2N5OS. The van der Waals surface area contributed by atoms with E-state index in [4.69, 9.17) is 0 Å². The van der Waals surface area contributed by atoms with Gasteiger partial charge in [0.2, 0.25) is 5.88 Å². The molecule has 6 nitrogen and oxygen atoms in total. The van der Waals surface area contributed by atoms with Crippen molar-refractivity contribution in [1.82, 2.24) is 20.2 Å². The van der Waals surface area contributed by atoms with Gasteiger partial charge in [0, 0.05) is 12.6 Å². The number of hydrogen-bond acceptors (Lipinski definition) is 7. The zero-order valence-electron chi connectivity index (χ0n) is 14.0. The van der Waals surface area contributed by atoms with Crippen molar-refractivity contribution in [1.29, 1.82) is 0 Å². The number of nitrogens with one attached hydrogen (secondary N) is 2. The molecule has 6 rings (SSSR count). The number of aromatic nitrogens is 2. The largest absolute Gasteiger partial charge is 0.417 e. The van der Waals surface area contributed by atoms with E-state index in [0.29, 0.717) is 21.4 Å². The van der Waals surface area contributed by atoms with Gasteiger partial charge < -0.3 is 20.3 Å². The maximum absolute atomic E-state index is 12.3. The van der Waals surface area contributed by atoms with Gasteiger partial charge in [-0.05, 0) is 50.4 Å². The lowest BCUT2D eigenvalue weighted by Crippen LogP contribution is -2.64. The Bertz CT molecular complexity index is 864. The molecule has 2 bridgehead atoms. The molecule has 0 amide bonds. The van der Waals surface area contributed by atoms with Gasteiger partial charge >= 0.3 is 6.61 Å². The van der Waals surface area contributed by atoms with E-state index in [9.17, 15) is 8.78 Å². The minimum Gasteiger partial charge on any atom is -0.417 e. The zero-order chi connectivity index (χ0) is 17.7. The van der Waals surface area contributed by atoms with Crippen molar-refractivity contribution in [3.63, 3.8) is 0 Å². The van der Waals surface area contributed by atoms with E-state index >= 15 is 0 Å². The number of hydrogen-bond donors (Lipinski definition) is 2. The molecule has 4 aliphatic rings. The second-order valence-corrected chi connectivity index (χ2v) is 8.13. The summed E-state index contributed by atoms with van der Waals surface area (Å²) in [7, 11) is 0. The van der Waals surface area contributed by atoms with Gasteiger partial charge in [0.05, 0.1) is 5.54 Å². The number of thiazole rings is 1. The molecule has 3 fully saturated rings. The number of fused-ring (bicyclic) bond motifs is 3. The molecule has 9 heteroatoms. The lowest BCUT2D eigenvalue weighted by Gasteiger charge is -2.52. The summed E-state index contributed by atoms with van der Waals surface area (Å²) in [6.45, 7) is 0.637. The van der Waals surface area contributed by atoms with Crippen LogP contribution < -0.4 is 15.4 Å². The normalized spacial score (nSPS) is 30.0. The molecule has 2 aromatic heterocycles. The van der Waals surface area contributed by atoms with Crippen LogP contribution >= 0.6 is 11.3 Å². The molecule has 26 heavy (non-hydrogen) atoms. The predicted molar refractivity (Wildman–Crippen MR) is 95.4 cm³/mol. The van der Waals surface area contributed by atoms with Crippen LogP contribution in [-0.2, 0) is 0 Å². The smallest absolute Gasteiger partial charge is 0.388 e. The van der Waals surface area contributed by atoms with E-state index in [0.717, 1.165) is 18.8 Å². The summed E-state index contributed by atoms with van der Waals surface area (Å²) < 4.78 is 29.0. The first-order chi connectivity index (χ1) is 12.6. The van der Waals surface area contributed by atoms with Crippen LogP contribution in [0.15, 0.2) is 24.0 Å². The Morgan fingerprint density at radius 1 is 1.31 bits per heavy atom. The molecule has 2 aromatic rings. The van der Waals surface area contributed by atoms with Crippen LogP contribution in [0.3, 0.4) is 0 Å². The SMILES string of the molecule is FC(F)Oc1ccc2nc(NC3=CC[C@@]4(CN5CCC4CC5)N3)sc2n1. The molecule has 2 N–H and O–H groups in total. The summed E-state index contributed by atoms with van der Waals surface area (Å²) in [4.78, 5) is 11.7. The first-order valence-electron chi connectivity index (χ1n) is 8.80. The van der Waals surface area contributed by atoms with E-state index in [2.05, 4.69) is 36.3 Å². The molecule has 138 valence electrons. The van der Waals surface area contributed by atoms with Crippen LogP contribution in [0.1, 0.15) is 19.3 Å². The quantitative estimate of drug-likeness (QED) is 0.852. The number of pyridine rings is 1. The van der Waals surface area contributed by atoms with Crippen molar-refractivity contribution in [2.75, 3.05) is 25.0 Å². The van der Waals surface area contributed by atoms with Crippen LogP contribution in [0.2, 0.25) is 0 Å². The van der Waals surface area contributed by atoms with Gasteiger partial charge in [0.15, 0.2) is 5.13 Å². The van der Waals surface area contributed by atoms with E-state index in [-0.39, 0.29) is 11.4 Å². The Labute approximate surface area is 153 Å². The number of rotatable bonds is 4. The summed E-state index contributed by atoms with van der Waals surface area (Å²) in [5, 5.41) is 7.72. The monoisotopic (exact) mass is 379 g/mol. The van der Waals surface area contributed by atoms with Crippen molar-refractivity contribution in [2.45, 2.75) is 31.4 Å². The molecule has 0 aromatic carbocycles. The highest BCUT2D eigenvalue weighted by Crippen LogP contribution is 2.41. The average Bonchev–Trinajstić information content (AvgIpc) is 3.19. The minimum absolute atomic E-state index is 0.0906. The third-order valence-electron chi connectivity index (χ3n) is 5.61. The van der Waals surface area contributed by atoms with Gasteiger partial charge in [0.25, 0.3) is 0 Å². The van der Waals surface area contributed by atoms with Crippen molar-refractivity contribution in [2.24, 2.45) is 5.92 Å². The molecule has 4 aliphatic heterocycles. The molecule has 1 atom stereocenters. The fraction of sp³-hybridized carbons (Fsp3) is 0.529. The fourth-order valence-corrected chi connectivity index (χ4v) is 5.25. The van der Waals surface area contributed by atoms with Crippen molar-refractivity contribution in [3.8, 4) is 5.88 Å². The lowest BCUT2D eigenvalue weighted by molar-refractivity contribution is -0.0526. The fourth-order valence-electron chi connectivity index (χ4n) is 4.41. The van der Waals surface area contributed by atoms with Gasteiger partial charge in [-0.2, -0.15) is 8.78 Å². The second-order valence-electron chi connectivity index (χ2n) is 7.15. The van der Waals surface area contributed by atoms with Gasteiger partial charge in [-0.1, -0.05) is 11.3 Å². The highest BCUT2D eigenvalue weighted by atomic mass is 32.1. The van der Waals surface area contributed by atoms with E-state index in [1.165, 1.54) is 43.3 Å². The topological polar surface area (TPSA) is 62.3 Å². The third kappa shape index (κ3) is 2.79. The first kappa shape index (κ1) is 16.2. The second kappa shape index (κ2) is 6.02. The summed E-state index contributed by atoms with van der Waals surface area (Å²) in [5.41, 5.74) is 0.807. The summed E-state index contributed by atoms with van der Waals surface area (Å²) in [6, 6.07) is 3.06. The summed E-state index contributed by atoms with van der Waals surface area (Å²) in [5.74, 6) is 1.60. The first-order valence-corrected chi connectivity index (χ1v) is 9.61. The maximum atomic E-state index is 12.3. The van der Waals surface area contributed by atoms with Crippen molar-refractivity contribution in [3.05, 3.63) is 24.0 Å². The number of halogens is 2. The molecule has 3 saturated heterocycles. The molecule has 0 unspecified atom stereocenters. The van der Waals surface area contributed by atoms with Crippen LogP contribution in [0.4, 0.5) is 13.9 Å². The van der Waals surface area contributed by atoms with Gasteiger partial charge in [-0.25, -0.2) is 9.97 Å². The van der Waals surface area contributed by atoms with E-state index in [1.54, 1.807) is 6.07 Å². The third-order valence-corrected chi connectivity index (χ3v) is 6.49.